The normalized spacial score (nSPS) is 19.2. The maximum Gasteiger partial charge on any atom is 0.159 e. The van der Waals surface area contributed by atoms with E-state index in [0.29, 0.717) is 12.3 Å². The first-order chi connectivity index (χ1) is 8.16. The van der Waals surface area contributed by atoms with Crippen molar-refractivity contribution >= 4 is 0 Å². The van der Waals surface area contributed by atoms with E-state index in [9.17, 15) is 8.78 Å². The first-order valence-electron chi connectivity index (χ1n) is 6.36. The molecule has 94 valence electrons. The zero-order chi connectivity index (χ0) is 12.3. The van der Waals surface area contributed by atoms with Gasteiger partial charge >= 0.3 is 0 Å². The molecule has 1 atom stereocenters. The third-order valence-corrected chi connectivity index (χ3v) is 3.71. The van der Waals surface area contributed by atoms with E-state index in [1.54, 1.807) is 6.07 Å². The summed E-state index contributed by atoms with van der Waals surface area (Å²) in [5.41, 5.74) is 6.95. The van der Waals surface area contributed by atoms with Crippen molar-refractivity contribution in [3.05, 3.63) is 35.4 Å². The fourth-order valence-electron chi connectivity index (χ4n) is 2.67. The Bertz CT molecular complexity index is 372. The zero-order valence-corrected chi connectivity index (χ0v) is 9.96. The molecule has 0 aromatic heterocycles. The van der Waals surface area contributed by atoms with Crippen LogP contribution in [0.1, 0.15) is 37.7 Å². The minimum Gasteiger partial charge on any atom is -0.327 e. The summed E-state index contributed by atoms with van der Waals surface area (Å²) in [6.45, 7) is 0. The number of halogens is 2. The summed E-state index contributed by atoms with van der Waals surface area (Å²) in [4.78, 5) is 0. The third-order valence-electron chi connectivity index (χ3n) is 3.71. The lowest BCUT2D eigenvalue weighted by atomic mass is 9.82. The molecule has 1 nitrogen and oxygen atoms in total. The van der Waals surface area contributed by atoms with Gasteiger partial charge in [-0.1, -0.05) is 25.3 Å². The lowest BCUT2D eigenvalue weighted by Crippen LogP contribution is -2.33. The first-order valence-corrected chi connectivity index (χ1v) is 6.36. The molecule has 0 aliphatic heterocycles. The Morgan fingerprint density at radius 2 is 1.82 bits per heavy atom. The molecule has 2 rings (SSSR count). The highest BCUT2D eigenvalue weighted by molar-refractivity contribution is 5.19. The molecule has 2 N–H and O–H groups in total. The van der Waals surface area contributed by atoms with Crippen LogP contribution in [0.3, 0.4) is 0 Å². The average Bonchev–Trinajstić information content (AvgIpc) is 2.35. The smallest absolute Gasteiger partial charge is 0.159 e. The lowest BCUT2D eigenvalue weighted by Gasteiger charge is -2.27. The highest BCUT2D eigenvalue weighted by atomic mass is 19.2. The van der Waals surface area contributed by atoms with Crippen LogP contribution >= 0.6 is 0 Å². The maximum absolute atomic E-state index is 13.1. The highest BCUT2D eigenvalue weighted by Gasteiger charge is 2.20. The van der Waals surface area contributed by atoms with Crippen molar-refractivity contribution in [2.24, 2.45) is 11.7 Å². The molecule has 3 heteroatoms. The largest absolute Gasteiger partial charge is 0.327 e. The van der Waals surface area contributed by atoms with E-state index in [2.05, 4.69) is 0 Å². The van der Waals surface area contributed by atoms with Gasteiger partial charge in [-0.25, -0.2) is 8.78 Å². The minimum absolute atomic E-state index is 0.0696. The fourth-order valence-corrected chi connectivity index (χ4v) is 2.67. The third kappa shape index (κ3) is 3.25. The fraction of sp³-hybridized carbons (Fsp3) is 0.571. The highest BCUT2D eigenvalue weighted by Crippen LogP contribution is 2.27. The maximum atomic E-state index is 13.1. The Hall–Kier alpha value is -0.960. The molecule has 0 bridgehead atoms. The summed E-state index contributed by atoms with van der Waals surface area (Å²) < 4.78 is 25.8. The molecule has 0 saturated heterocycles. The molecule has 0 radical (unpaired) electrons. The topological polar surface area (TPSA) is 26.0 Å². The van der Waals surface area contributed by atoms with Crippen LogP contribution in [0.2, 0.25) is 0 Å². The number of nitrogens with two attached hydrogens (primary N) is 1. The number of hydrogen-bond donors (Lipinski definition) is 1. The van der Waals surface area contributed by atoms with Crippen LogP contribution in [-0.2, 0) is 6.42 Å². The molecule has 1 aromatic rings. The van der Waals surface area contributed by atoms with Gasteiger partial charge in [0.15, 0.2) is 11.6 Å². The van der Waals surface area contributed by atoms with Crippen LogP contribution in [0.25, 0.3) is 0 Å². The van der Waals surface area contributed by atoms with E-state index in [1.807, 2.05) is 0 Å². The van der Waals surface area contributed by atoms with Gasteiger partial charge in [0, 0.05) is 6.04 Å². The van der Waals surface area contributed by atoms with Crippen LogP contribution < -0.4 is 5.73 Å². The van der Waals surface area contributed by atoms with Crippen LogP contribution in [-0.4, -0.2) is 6.04 Å². The van der Waals surface area contributed by atoms with Gasteiger partial charge in [0.05, 0.1) is 0 Å². The van der Waals surface area contributed by atoms with Gasteiger partial charge in [-0.3, -0.25) is 0 Å². The SMILES string of the molecule is NC(Cc1ccc(F)c(F)c1)C1CCCCC1. The summed E-state index contributed by atoms with van der Waals surface area (Å²) in [5.74, 6) is -1.03. The van der Waals surface area contributed by atoms with Crippen LogP contribution in [0.4, 0.5) is 8.78 Å². The standard InChI is InChI=1S/C14H19F2N/c15-12-7-6-10(8-13(12)16)9-14(17)11-4-2-1-3-5-11/h6-8,11,14H,1-5,9,17H2. The molecule has 1 unspecified atom stereocenters. The van der Waals surface area contributed by atoms with Gasteiger partial charge < -0.3 is 5.73 Å². The Balaban J connectivity index is 1.96. The molecule has 1 aliphatic carbocycles. The second-order valence-corrected chi connectivity index (χ2v) is 5.01. The van der Waals surface area contributed by atoms with E-state index in [-0.39, 0.29) is 6.04 Å². The summed E-state index contributed by atoms with van der Waals surface area (Å²) in [5, 5.41) is 0. The predicted molar refractivity (Wildman–Crippen MR) is 64.6 cm³/mol. The van der Waals surface area contributed by atoms with Crippen LogP contribution in [0, 0.1) is 17.6 Å². The second kappa shape index (κ2) is 5.58. The quantitative estimate of drug-likeness (QED) is 0.859. The van der Waals surface area contributed by atoms with E-state index >= 15 is 0 Å². The summed E-state index contributed by atoms with van der Waals surface area (Å²) in [6, 6.07) is 4.14. The van der Waals surface area contributed by atoms with Crippen molar-refractivity contribution in [1.82, 2.24) is 0 Å². The summed E-state index contributed by atoms with van der Waals surface area (Å²) in [6.07, 6.45) is 6.78. The molecule has 1 aromatic carbocycles. The van der Waals surface area contributed by atoms with E-state index in [4.69, 9.17) is 5.73 Å². The Morgan fingerprint density at radius 1 is 1.12 bits per heavy atom. The summed E-state index contributed by atoms with van der Waals surface area (Å²) >= 11 is 0. The second-order valence-electron chi connectivity index (χ2n) is 5.01. The van der Waals surface area contributed by atoms with Gasteiger partial charge in [-0.2, -0.15) is 0 Å². The lowest BCUT2D eigenvalue weighted by molar-refractivity contribution is 0.303. The molecule has 1 aliphatic rings. The molecule has 17 heavy (non-hydrogen) atoms. The number of hydrogen-bond acceptors (Lipinski definition) is 1. The monoisotopic (exact) mass is 239 g/mol. The molecule has 1 fully saturated rings. The Morgan fingerprint density at radius 3 is 2.47 bits per heavy atom. The number of benzene rings is 1. The predicted octanol–water partition coefficient (Wildman–Crippen LogP) is 3.41. The van der Waals surface area contributed by atoms with Gasteiger partial charge in [0.25, 0.3) is 0 Å². The molecule has 0 heterocycles. The van der Waals surface area contributed by atoms with Gasteiger partial charge in [-0.05, 0) is 42.9 Å². The van der Waals surface area contributed by atoms with E-state index in [1.165, 1.54) is 44.2 Å². The van der Waals surface area contributed by atoms with E-state index in [0.717, 1.165) is 5.56 Å². The van der Waals surface area contributed by atoms with Crippen molar-refractivity contribution in [1.29, 1.82) is 0 Å². The molecule has 1 saturated carbocycles. The Labute approximate surface area is 101 Å². The van der Waals surface area contributed by atoms with Gasteiger partial charge in [0.1, 0.15) is 0 Å². The van der Waals surface area contributed by atoms with Crippen molar-refractivity contribution in [3.63, 3.8) is 0 Å². The van der Waals surface area contributed by atoms with Gasteiger partial charge in [0.2, 0.25) is 0 Å². The van der Waals surface area contributed by atoms with Gasteiger partial charge in [-0.15, -0.1) is 0 Å². The average molecular weight is 239 g/mol. The van der Waals surface area contributed by atoms with Crippen molar-refractivity contribution < 1.29 is 8.78 Å². The molecular formula is C14H19F2N. The molecule has 0 spiro atoms. The molecular weight excluding hydrogens is 220 g/mol. The Kier molecular flexibility index (Phi) is 4.11. The van der Waals surface area contributed by atoms with E-state index < -0.39 is 11.6 Å². The van der Waals surface area contributed by atoms with Crippen molar-refractivity contribution in [3.8, 4) is 0 Å². The number of rotatable bonds is 3. The first kappa shape index (κ1) is 12.5. The minimum atomic E-state index is -0.792. The molecule has 0 amide bonds. The van der Waals surface area contributed by atoms with Crippen molar-refractivity contribution in [2.45, 2.75) is 44.6 Å². The van der Waals surface area contributed by atoms with Crippen LogP contribution in [0.15, 0.2) is 18.2 Å². The summed E-state index contributed by atoms with van der Waals surface area (Å²) in [7, 11) is 0. The zero-order valence-electron chi connectivity index (χ0n) is 9.96. The van der Waals surface area contributed by atoms with Crippen molar-refractivity contribution in [2.75, 3.05) is 0 Å². The van der Waals surface area contributed by atoms with Crippen LogP contribution in [0.5, 0.6) is 0 Å².